The van der Waals surface area contributed by atoms with Gasteiger partial charge in [0, 0.05) is 34.3 Å². The third-order valence-electron chi connectivity index (χ3n) is 11.9. The number of ether oxygens (including phenoxy) is 5. The number of nitrogens with zero attached hydrogens (tertiary/aromatic N) is 4. The van der Waals surface area contributed by atoms with Gasteiger partial charge in [-0.15, -0.1) is 0 Å². The van der Waals surface area contributed by atoms with Gasteiger partial charge in [0.2, 0.25) is 17.6 Å². The Morgan fingerprint density at radius 3 is 1.31 bits per heavy atom. The van der Waals surface area contributed by atoms with E-state index in [9.17, 15) is 57.4 Å². The molecule has 2 aromatic heterocycles. The standard InChI is InChI=1S/C28H30ClFN4O9.C21H19ClFN3O6.C7H13NO4/c1-15(2)24(31-28(39)41-4)27(38)42-22(26(36)37)14-34(32-25(35)21-12-23(40-3)33-43-21)13-16-5-7-17(8-6-16)19-11-18(29)9-10-20(19)30;1-31-19-9-18(32-25-19)20(28)24-26(11-17(27)21(29)30)10-12-2-4-13(5-3-12)15-8-14(22)6-7-16(15)23;1-4(2)5(6(9)10)8-7(11)12-3/h5-12,15,22,24H,13-14H2,1-4H3,(H,31,39)(H,32,35)(H,36,37);2-9,17,27H,10-11H2,1H3,(H,24,28)(H,29,30);4-5H,1-3H3,(H,8,11)(H,9,10)/t22-,24+;17-;5-/m110/s1. The highest BCUT2D eigenvalue weighted by Crippen LogP contribution is 2.28. The van der Waals surface area contributed by atoms with Crippen LogP contribution in [0.5, 0.6) is 11.8 Å². The van der Waals surface area contributed by atoms with Crippen LogP contribution >= 0.6 is 23.2 Å². The quantitative estimate of drug-likeness (QED) is 0.0165. The first-order valence-electron chi connectivity index (χ1n) is 25.6. The number of carboxylic acids is 3. The number of alkyl carbamates (subject to hydrolysis) is 2. The lowest BCUT2D eigenvalue weighted by molar-refractivity contribution is -0.167. The van der Waals surface area contributed by atoms with Crippen LogP contribution < -0.4 is 31.0 Å². The Labute approximate surface area is 505 Å². The maximum Gasteiger partial charge on any atom is 0.407 e. The number of hydrogen-bond acceptors (Lipinski definition) is 20. The predicted octanol–water partition coefficient (Wildman–Crippen LogP) is 6.85. The van der Waals surface area contributed by atoms with E-state index < -0.39 is 103 Å². The van der Waals surface area contributed by atoms with Gasteiger partial charge < -0.3 is 63.8 Å². The number of hydrogen-bond donors (Lipinski definition) is 8. The van der Waals surface area contributed by atoms with E-state index in [0.717, 1.165) is 7.11 Å². The predicted molar refractivity (Wildman–Crippen MR) is 303 cm³/mol. The zero-order valence-electron chi connectivity index (χ0n) is 47.7. The van der Waals surface area contributed by atoms with Crippen LogP contribution in [0.2, 0.25) is 10.0 Å². The van der Waals surface area contributed by atoms with Crippen molar-refractivity contribution >= 4 is 71.1 Å². The van der Waals surface area contributed by atoms with Gasteiger partial charge in [-0.05, 0) is 80.8 Å². The summed E-state index contributed by atoms with van der Waals surface area (Å²) in [4.78, 5) is 94.2. The number of aliphatic hydroxyl groups excluding tert-OH is 1. The Kier molecular flexibility index (Phi) is 27.3. The van der Waals surface area contributed by atoms with Crippen molar-refractivity contribution < 1.29 is 100 Å². The Hall–Kier alpha value is -9.42. The van der Waals surface area contributed by atoms with Gasteiger partial charge in [-0.3, -0.25) is 20.4 Å². The SMILES string of the molecule is COC(=O)N[C@H](C(=O)O)C(C)C.COC(=O)N[C@H](C(=O)O[C@H](CN(Cc1ccc(-c2cc(Cl)ccc2F)cc1)NC(=O)c1cc(OC)no1)C(=O)O)C(C)C.COc1cc(C(=O)NN(Cc2ccc(-c3cc(Cl)ccc3F)cc2)C[C@@H](O)C(=O)O)on1. The Morgan fingerprint density at radius 2 is 0.966 bits per heavy atom. The monoisotopic (exact) mass is 1260 g/mol. The summed E-state index contributed by atoms with van der Waals surface area (Å²) in [7, 11) is 4.99. The van der Waals surface area contributed by atoms with Gasteiger partial charge in [0.15, 0.2) is 6.10 Å². The van der Waals surface area contributed by atoms with Crippen LogP contribution in [-0.2, 0) is 46.5 Å². The third kappa shape index (κ3) is 22.2. The summed E-state index contributed by atoms with van der Waals surface area (Å²) >= 11 is 12.0. The summed E-state index contributed by atoms with van der Waals surface area (Å²) < 4.78 is 62.1. The molecule has 0 aliphatic rings. The number of carbonyl (C=O) groups excluding carboxylic acids is 5. The Morgan fingerprint density at radius 1 is 0.563 bits per heavy atom. The van der Waals surface area contributed by atoms with Crippen molar-refractivity contribution in [2.45, 2.75) is 65.1 Å². The summed E-state index contributed by atoms with van der Waals surface area (Å²) in [6.07, 6.45) is -5.16. The molecule has 31 heteroatoms. The topological polar surface area (TPSA) is 370 Å². The van der Waals surface area contributed by atoms with Gasteiger partial charge in [-0.2, -0.15) is 0 Å². The number of aromatic nitrogens is 2. The molecular weight excluding hydrogens is 1200 g/mol. The lowest BCUT2D eigenvalue weighted by Crippen LogP contribution is -2.51. The van der Waals surface area contributed by atoms with Gasteiger partial charge in [0.25, 0.3) is 11.8 Å². The zero-order chi connectivity index (χ0) is 64.7. The number of carboxylic acid groups (broad SMARTS) is 3. The number of amides is 4. The van der Waals surface area contributed by atoms with E-state index in [2.05, 4.69) is 41.3 Å². The molecule has 0 aliphatic carbocycles. The molecule has 0 bridgehead atoms. The van der Waals surface area contributed by atoms with Gasteiger partial charge >= 0.3 is 47.9 Å². The van der Waals surface area contributed by atoms with E-state index in [1.54, 1.807) is 76.2 Å². The van der Waals surface area contributed by atoms with E-state index in [1.807, 2.05) is 0 Å². The molecule has 27 nitrogen and oxygen atoms in total. The van der Waals surface area contributed by atoms with Crippen LogP contribution in [-0.4, -0.2) is 154 Å². The fraction of sp³-hybridized carbons (Fsp3) is 0.321. The number of methoxy groups -OCH3 is 4. The van der Waals surface area contributed by atoms with Crippen LogP contribution in [0, 0.1) is 23.5 Å². The van der Waals surface area contributed by atoms with Crippen molar-refractivity contribution in [3.63, 3.8) is 0 Å². The number of nitrogens with one attached hydrogen (secondary N) is 4. The van der Waals surface area contributed by atoms with E-state index in [0.29, 0.717) is 37.9 Å². The van der Waals surface area contributed by atoms with E-state index in [1.165, 1.54) is 79.9 Å². The summed E-state index contributed by atoms with van der Waals surface area (Å²) in [5.41, 5.74) is 7.95. The molecular formula is C56H62Cl2F2N8O19. The molecule has 4 amide bonds. The van der Waals surface area contributed by atoms with Crippen molar-refractivity contribution in [1.82, 2.24) is 41.8 Å². The van der Waals surface area contributed by atoms with Crippen LogP contribution in [0.1, 0.15) is 59.9 Å². The lowest BCUT2D eigenvalue weighted by Gasteiger charge is -2.27. The molecule has 0 fully saturated rings. The molecule has 4 aromatic carbocycles. The molecule has 2 heterocycles. The highest BCUT2D eigenvalue weighted by atomic mass is 35.5. The summed E-state index contributed by atoms with van der Waals surface area (Å²) in [6, 6.07) is 22.0. The Balaban J connectivity index is 0.000000322. The number of benzene rings is 4. The fourth-order valence-electron chi connectivity index (χ4n) is 7.33. The third-order valence-corrected chi connectivity index (χ3v) is 12.3. The minimum absolute atomic E-state index is 0.0377. The number of aliphatic hydroxyl groups is 1. The zero-order valence-corrected chi connectivity index (χ0v) is 49.3. The minimum atomic E-state index is -1.78. The number of aliphatic carboxylic acids is 3. The van der Waals surface area contributed by atoms with E-state index in [-0.39, 0.29) is 47.9 Å². The maximum atomic E-state index is 14.4. The molecule has 0 saturated heterocycles. The molecule has 0 saturated carbocycles. The smallest absolute Gasteiger partial charge is 0.407 e. The summed E-state index contributed by atoms with van der Waals surface area (Å²) in [5.74, 6) is -8.35. The van der Waals surface area contributed by atoms with E-state index in [4.69, 9.17) is 56.7 Å². The van der Waals surface area contributed by atoms with Crippen LogP contribution in [0.25, 0.3) is 22.3 Å². The number of halogens is 4. The van der Waals surface area contributed by atoms with Gasteiger partial charge in [0.05, 0.1) is 53.7 Å². The number of rotatable bonds is 25. The number of esters is 1. The largest absolute Gasteiger partial charge is 0.480 e. The molecule has 4 atom stereocenters. The molecule has 6 aromatic rings. The summed E-state index contributed by atoms with van der Waals surface area (Å²) in [6.45, 7) is 5.68. The normalized spacial score (nSPS) is 12.2. The Bertz CT molecular complexity index is 3310. The molecule has 8 N–H and O–H groups in total. The first kappa shape index (κ1) is 70.1. The minimum Gasteiger partial charge on any atom is -0.480 e. The average Bonchev–Trinajstić information content (AvgIpc) is 4.00. The number of carbonyl (C=O) groups is 8. The lowest BCUT2D eigenvalue weighted by atomic mass is 10.0. The molecule has 0 aliphatic heterocycles. The molecule has 6 rings (SSSR count). The van der Waals surface area contributed by atoms with Crippen LogP contribution in [0.3, 0.4) is 0 Å². The first-order chi connectivity index (χ1) is 41.2. The van der Waals surface area contributed by atoms with Crippen LogP contribution in [0.4, 0.5) is 18.4 Å². The number of hydrazine groups is 2. The van der Waals surface area contributed by atoms with Crippen molar-refractivity contribution in [1.29, 1.82) is 0 Å². The summed E-state index contributed by atoms with van der Waals surface area (Å²) in [5, 5.41) is 52.0. The van der Waals surface area contributed by atoms with Gasteiger partial charge in [-0.1, -0.05) is 99.4 Å². The van der Waals surface area contributed by atoms with Crippen LogP contribution in [0.15, 0.2) is 106 Å². The first-order valence-corrected chi connectivity index (χ1v) is 26.4. The molecule has 0 unspecified atom stereocenters. The second-order valence-corrected chi connectivity index (χ2v) is 19.8. The van der Waals surface area contributed by atoms with E-state index >= 15 is 0 Å². The highest BCUT2D eigenvalue weighted by Gasteiger charge is 2.33. The van der Waals surface area contributed by atoms with Crippen molar-refractivity contribution in [3.8, 4) is 34.0 Å². The molecule has 468 valence electrons. The van der Waals surface area contributed by atoms with Gasteiger partial charge in [-0.25, -0.2) is 47.6 Å². The molecule has 0 radical (unpaired) electrons. The molecule has 0 spiro atoms. The van der Waals surface area contributed by atoms with Gasteiger partial charge in [0.1, 0.15) is 23.7 Å². The second kappa shape index (κ2) is 33.9. The average molecular weight is 1260 g/mol. The van der Waals surface area contributed by atoms with Crippen molar-refractivity contribution in [2.24, 2.45) is 11.8 Å². The second-order valence-electron chi connectivity index (χ2n) is 18.9. The van der Waals surface area contributed by atoms with Crippen molar-refractivity contribution in [3.05, 3.63) is 141 Å². The van der Waals surface area contributed by atoms with Crippen molar-refractivity contribution in [2.75, 3.05) is 41.5 Å². The maximum absolute atomic E-state index is 14.4. The molecule has 87 heavy (non-hydrogen) atoms. The fourth-order valence-corrected chi connectivity index (χ4v) is 7.67. The highest BCUT2D eigenvalue weighted by molar-refractivity contribution is 6.31.